The normalized spacial score (nSPS) is 14.2. The molecule has 0 saturated heterocycles. The van der Waals surface area contributed by atoms with E-state index in [1.54, 1.807) is 0 Å². The van der Waals surface area contributed by atoms with E-state index in [1.807, 2.05) is 0 Å². The van der Waals surface area contributed by atoms with E-state index in [-0.39, 0.29) is 5.82 Å². The zero-order valence-corrected chi connectivity index (χ0v) is 9.30. The molecule has 1 aromatic rings. The third-order valence-corrected chi connectivity index (χ3v) is 3.02. The van der Waals surface area contributed by atoms with Crippen molar-refractivity contribution in [3.05, 3.63) is 35.6 Å². The van der Waals surface area contributed by atoms with Crippen molar-refractivity contribution in [3.63, 3.8) is 0 Å². The molecule has 13 heavy (non-hydrogen) atoms. The Hall–Kier alpha value is 0.310. The maximum absolute atomic E-state index is 12.5. The van der Waals surface area contributed by atoms with Crippen molar-refractivity contribution in [2.24, 2.45) is 0 Å². The van der Waals surface area contributed by atoms with Crippen molar-refractivity contribution < 1.29 is 4.39 Å². The molecule has 0 bridgehead atoms. The summed E-state index contributed by atoms with van der Waals surface area (Å²) in [6.07, 6.45) is 0. The average Bonchev–Trinajstić information content (AvgIpc) is 2.03. The first-order valence-electron chi connectivity index (χ1n) is 3.37. The Bertz CT molecular complexity index is 277. The first-order valence-corrected chi connectivity index (χ1v) is 4.94. The van der Waals surface area contributed by atoms with Gasteiger partial charge < -0.3 is 0 Å². The number of halogens is 5. The Morgan fingerprint density at radius 3 is 1.92 bits per heavy atom. The van der Waals surface area contributed by atoms with Crippen molar-refractivity contribution in [3.8, 4) is 0 Å². The van der Waals surface area contributed by atoms with E-state index in [0.29, 0.717) is 5.56 Å². The fraction of sp³-hybridized carbons (Fsp3) is 0.250. The molecule has 0 spiro atoms. The molecule has 0 N–H and O–H groups in total. The molecule has 0 radical (unpaired) electrons. The Balaban J connectivity index is 2.90. The van der Waals surface area contributed by atoms with Gasteiger partial charge >= 0.3 is 0 Å². The Morgan fingerprint density at radius 2 is 1.54 bits per heavy atom. The van der Waals surface area contributed by atoms with Crippen LogP contribution >= 0.6 is 46.4 Å². The molecule has 0 nitrogen and oxygen atoms in total. The molecule has 72 valence electrons. The lowest BCUT2D eigenvalue weighted by Crippen LogP contribution is -2.11. The molecule has 0 saturated carbocycles. The summed E-state index contributed by atoms with van der Waals surface area (Å²) in [4.78, 5) is 0. The van der Waals surface area contributed by atoms with Crippen molar-refractivity contribution >= 4 is 46.4 Å². The van der Waals surface area contributed by atoms with Gasteiger partial charge in [0.05, 0.1) is 0 Å². The van der Waals surface area contributed by atoms with Crippen LogP contribution in [-0.4, -0.2) is 3.79 Å². The predicted molar refractivity (Wildman–Crippen MR) is 55.3 cm³/mol. The summed E-state index contributed by atoms with van der Waals surface area (Å²) >= 11 is 22.5. The number of hydrogen-bond donors (Lipinski definition) is 0. The lowest BCUT2D eigenvalue weighted by molar-refractivity contribution is 0.627. The van der Waals surface area contributed by atoms with E-state index >= 15 is 0 Å². The molecular weight excluding hydrogens is 257 g/mol. The maximum atomic E-state index is 12.5. The SMILES string of the molecule is Fc1ccc(C(Cl)C(Cl)(Cl)Cl)cc1. The molecule has 1 atom stereocenters. The van der Waals surface area contributed by atoms with Crippen LogP contribution in [0.1, 0.15) is 10.9 Å². The van der Waals surface area contributed by atoms with Gasteiger partial charge in [0.25, 0.3) is 0 Å². The van der Waals surface area contributed by atoms with Crippen LogP contribution in [0.4, 0.5) is 4.39 Å². The summed E-state index contributed by atoms with van der Waals surface area (Å²) in [5.41, 5.74) is 0.572. The molecule has 0 aliphatic carbocycles. The zero-order chi connectivity index (χ0) is 10.1. The van der Waals surface area contributed by atoms with Gasteiger partial charge in [0.15, 0.2) is 0 Å². The van der Waals surface area contributed by atoms with Crippen molar-refractivity contribution in [2.45, 2.75) is 9.17 Å². The molecule has 1 unspecified atom stereocenters. The van der Waals surface area contributed by atoms with Gasteiger partial charge in [-0.2, -0.15) is 0 Å². The number of alkyl halides is 4. The van der Waals surface area contributed by atoms with Gasteiger partial charge in [0.2, 0.25) is 3.79 Å². The molecule has 0 fully saturated rings. The van der Waals surface area contributed by atoms with Crippen LogP contribution in [0.5, 0.6) is 0 Å². The van der Waals surface area contributed by atoms with Gasteiger partial charge in [0, 0.05) is 0 Å². The van der Waals surface area contributed by atoms with Crippen LogP contribution in [0.2, 0.25) is 0 Å². The minimum Gasteiger partial charge on any atom is -0.207 e. The fourth-order valence-electron chi connectivity index (χ4n) is 0.821. The van der Waals surface area contributed by atoms with Gasteiger partial charge in [-0.3, -0.25) is 0 Å². The van der Waals surface area contributed by atoms with Crippen LogP contribution in [0.3, 0.4) is 0 Å². The molecule has 1 rings (SSSR count). The maximum Gasteiger partial charge on any atom is 0.210 e. The molecule has 0 heterocycles. The zero-order valence-electron chi connectivity index (χ0n) is 6.28. The van der Waals surface area contributed by atoms with Crippen LogP contribution in [-0.2, 0) is 0 Å². The summed E-state index contributed by atoms with van der Waals surface area (Å²) in [5, 5.41) is -0.780. The van der Waals surface area contributed by atoms with Crippen LogP contribution in [0.15, 0.2) is 24.3 Å². The second-order valence-electron chi connectivity index (χ2n) is 2.46. The first-order chi connectivity index (χ1) is 5.91. The van der Waals surface area contributed by atoms with E-state index in [9.17, 15) is 4.39 Å². The predicted octanol–water partition coefficient (Wildman–Crippen LogP) is 4.48. The summed E-state index contributed by atoms with van der Waals surface area (Å²) < 4.78 is 10.9. The lowest BCUT2D eigenvalue weighted by atomic mass is 10.1. The second kappa shape index (κ2) is 4.22. The van der Waals surface area contributed by atoms with Gasteiger partial charge in [0.1, 0.15) is 11.2 Å². The van der Waals surface area contributed by atoms with Crippen molar-refractivity contribution in [2.75, 3.05) is 0 Å². The Kier molecular flexibility index (Phi) is 3.70. The molecule has 0 aromatic heterocycles. The molecule has 5 heteroatoms. The van der Waals surface area contributed by atoms with Gasteiger partial charge in [-0.25, -0.2) is 4.39 Å². The van der Waals surface area contributed by atoms with Gasteiger partial charge in [-0.05, 0) is 17.7 Å². The van der Waals surface area contributed by atoms with Gasteiger partial charge in [-0.1, -0.05) is 46.9 Å². The minimum atomic E-state index is -1.58. The van der Waals surface area contributed by atoms with Gasteiger partial charge in [-0.15, -0.1) is 11.6 Å². The largest absolute Gasteiger partial charge is 0.210 e. The molecule has 1 aromatic carbocycles. The fourth-order valence-corrected chi connectivity index (χ4v) is 1.34. The molecule has 0 aliphatic heterocycles. The van der Waals surface area contributed by atoms with Crippen LogP contribution in [0.25, 0.3) is 0 Å². The highest BCUT2D eigenvalue weighted by Gasteiger charge is 2.31. The average molecular weight is 262 g/mol. The monoisotopic (exact) mass is 260 g/mol. The summed E-state index contributed by atoms with van der Waals surface area (Å²) in [6.45, 7) is 0. The topological polar surface area (TPSA) is 0 Å². The molecular formula is C8H5Cl4F. The first kappa shape index (κ1) is 11.4. The highest BCUT2D eigenvalue weighted by molar-refractivity contribution is 6.70. The lowest BCUT2D eigenvalue weighted by Gasteiger charge is -2.17. The summed E-state index contributed by atoms with van der Waals surface area (Å²) in [6, 6.07) is 5.49. The number of hydrogen-bond acceptors (Lipinski definition) is 0. The minimum absolute atomic E-state index is 0.350. The number of rotatable bonds is 1. The highest BCUT2D eigenvalue weighted by atomic mass is 35.6. The van der Waals surface area contributed by atoms with Crippen LogP contribution < -0.4 is 0 Å². The van der Waals surface area contributed by atoms with Crippen molar-refractivity contribution in [1.82, 2.24) is 0 Å². The summed E-state index contributed by atoms with van der Waals surface area (Å²) in [7, 11) is 0. The van der Waals surface area contributed by atoms with E-state index in [1.165, 1.54) is 24.3 Å². The molecule has 0 aliphatic rings. The summed E-state index contributed by atoms with van der Waals surface area (Å²) in [5.74, 6) is -0.350. The van der Waals surface area contributed by atoms with Crippen LogP contribution in [0, 0.1) is 5.82 Å². The third kappa shape index (κ3) is 3.17. The standard InChI is InChI=1S/C8H5Cl4F/c9-7(8(10,11)12)5-1-3-6(13)4-2-5/h1-4,7H. The van der Waals surface area contributed by atoms with E-state index in [4.69, 9.17) is 46.4 Å². The quantitative estimate of drug-likeness (QED) is 0.654. The third-order valence-electron chi connectivity index (χ3n) is 1.45. The molecule has 0 amide bonds. The smallest absolute Gasteiger partial charge is 0.207 e. The number of benzene rings is 1. The highest BCUT2D eigenvalue weighted by Crippen LogP contribution is 2.43. The Labute approximate surface area is 95.5 Å². The second-order valence-corrected chi connectivity index (χ2v) is 5.26. The van der Waals surface area contributed by atoms with Crippen molar-refractivity contribution in [1.29, 1.82) is 0 Å². The van der Waals surface area contributed by atoms with E-state index < -0.39 is 9.17 Å². The Morgan fingerprint density at radius 1 is 1.08 bits per heavy atom. The van der Waals surface area contributed by atoms with E-state index in [2.05, 4.69) is 0 Å². The van der Waals surface area contributed by atoms with E-state index in [0.717, 1.165) is 0 Å².